The van der Waals surface area contributed by atoms with Crippen LogP contribution in [-0.4, -0.2) is 6.04 Å². The third kappa shape index (κ3) is 1.47. The van der Waals surface area contributed by atoms with E-state index in [1.807, 2.05) is 0 Å². The summed E-state index contributed by atoms with van der Waals surface area (Å²) in [6.07, 6.45) is 2.08. The van der Waals surface area contributed by atoms with Crippen molar-refractivity contribution in [2.75, 3.05) is 5.32 Å². The van der Waals surface area contributed by atoms with Crippen LogP contribution in [0.15, 0.2) is 42.1 Å². The van der Waals surface area contributed by atoms with Crippen molar-refractivity contribution in [3.05, 3.63) is 47.7 Å². The van der Waals surface area contributed by atoms with E-state index in [0.29, 0.717) is 6.04 Å². The fourth-order valence-corrected chi connectivity index (χ4v) is 1.95. The molecule has 1 atom stereocenters. The van der Waals surface area contributed by atoms with Gasteiger partial charge in [0.25, 0.3) is 0 Å². The van der Waals surface area contributed by atoms with Gasteiger partial charge in [-0.05, 0) is 23.6 Å². The highest BCUT2D eigenvalue weighted by molar-refractivity contribution is 5.57. The van der Waals surface area contributed by atoms with Crippen LogP contribution in [0, 0.1) is 0 Å². The monoisotopic (exact) mass is 185 g/mol. The molecule has 0 aliphatic carbocycles. The van der Waals surface area contributed by atoms with E-state index in [9.17, 15) is 0 Å². The van der Waals surface area contributed by atoms with E-state index in [4.69, 9.17) is 0 Å². The van der Waals surface area contributed by atoms with Gasteiger partial charge in [0.2, 0.25) is 0 Å². The molecule has 14 heavy (non-hydrogen) atoms. The smallest absolute Gasteiger partial charge is 0.0548 e. The zero-order valence-electron chi connectivity index (χ0n) is 8.51. The second-order valence-electron chi connectivity index (χ2n) is 3.64. The first-order valence-corrected chi connectivity index (χ1v) is 5.08. The van der Waals surface area contributed by atoms with Crippen molar-refractivity contribution < 1.29 is 0 Å². The number of fused-ring (bicyclic) bond motifs is 1. The van der Waals surface area contributed by atoms with E-state index in [2.05, 4.69) is 48.8 Å². The first kappa shape index (κ1) is 9.11. The standard InChI is InChI=1S/C13H15N/c1-3-10-9-11-7-5-6-8-13(11)14-12(10)4-2/h5-8,12,14H,1,4,9H2,2H3. The number of nitrogens with one attached hydrogen (secondary N) is 1. The molecule has 2 rings (SSSR count). The molecular weight excluding hydrogens is 170 g/mol. The van der Waals surface area contributed by atoms with E-state index in [1.54, 1.807) is 0 Å². The molecule has 0 bridgehead atoms. The molecule has 1 aliphatic heterocycles. The van der Waals surface area contributed by atoms with Crippen molar-refractivity contribution in [3.63, 3.8) is 0 Å². The number of benzene rings is 1. The van der Waals surface area contributed by atoms with Gasteiger partial charge >= 0.3 is 0 Å². The van der Waals surface area contributed by atoms with Gasteiger partial charge < -0.3 is 5.32 Å². The molecule has 0 saturated heterocycles. The Kier molecular flexibility index (Phi) is 2.43. The van der Waals surface area contributed by atoms with Crippen molar-refractivity contribution in [1.82, 2.24) is 0 Å². The zero-order chi connectivity index (χ0) is 9.97. The van der Waals surface area contributed by atoms with Gasteiger partial charge in [-0.3, -0.25) is 0 Å². The van der Waals surface area contributed by atoms with Crippen LogP contribution in [-0.2, 0) is 6.42 Å². The third-order valence-corrected chi connectivity index (χ3v) is 2.78. The number of hydrogen-bond donors (Lipinski definition) is 1. The lowest BCUT2D eigenvalue weighted by molar-refractivity contribution is 0.747. The Morgan fingerprint density at radius 2 is 2.29 bits per heavy atom. The number of hydrogen-bond acceptors (Lipinski definition) is 1. The van der Waals surface area contributed by atoms with Crippen LogP contribution in [0.2, 0.25) is 0 Å². The summed E-state index contributed by atoms with van der Waals surface area (Å²) in [6, 6.07) is 8.86. The van der Waals surface area contributed by atoms with Crippen LogP contribution >= 0.6 is 0 Å². The van der Waals surface area contributed by atoms with E-state index < -0.39 is 0 Å². The second kappa shape index (κ2) is 3.73. The molecular formula is C13H15N. The summed E-state index contributed by atoms with van der Waals surface area (Å²) in [6.45, 7) is 5.94. The van der Waals surface area contributed by atoms with Gasteiger partial charge in [0.15, 0.2) is 0 Å². The highest BCUT2D eigenvalue weighted by atomic mass is 14.9. The lowest BCUT2D eigenvalue weighted by Gasteiger charge is -2.27. The SMILES string of the molecule is C=C=C1Cc2ccccc2NC1CC. The van der Waals surface area contributed by atoms with Crippen LogP contribution in [0.25, 0.3) is 0 Å². The Labute approximate surface area is 85.2 Å². The molecule has 0 amide bonds. The predicted octanol–water partition coefficient (Wildman–Crippen LogP) is 3.14. The minimum atomic E-state index is 0.419. The maximum absolute atomic E-state index is 3.75. The molecule has 0 spiro atoms. The Bertz CT molecular complexity index is 386. The lowest BCUT2D eigenvalue weighted by atomic mass is 9.92. The van der Waals surface area contributed by atoms with Crippen molar-refractivity contribution in [1.29, 1.82) is 0 Å². The van der Waals surface area contributed by atoms with Crippen LogP contribution in [0.1, 0.15) is 18.9 Å². The Morgan fingerprint density at radius 1 is 1.50 bits per heavy atom. The summed E-state index contributed by atoms with van der Waals surface area (Å²) in [7, 11) is 0. The summed E-state index contributed by atoms with van der Waals surface area (Å²) < 4.78 is 0. The highest BCUT2D eigenvalue weighted by Gasteiger charge is 2.19. The summed E-state index contributed by atoms with van der Waals surface area (Å²) in [5.74, 6) is 0. The average Bonchev–Trinajstić information content (AvgIpc) is 2.27. The molecule has 1 heterocycles. The maximum Gasteiger partial charge on any atom is 0.0548 e. The van der Waals surface area contributed by atoms with Gasteiger partial charge in [-0.25, -0.2) is 0 Å². The second-order valence-corrected chi connectivity index (χ2v) is 3.64. The van der Waals surface area contributed by atoms with Gasteiger partial charge in [-0.2, -0.15) is 0 Å². The minimum absolute atomic E-state index is 0.419. The summed E-state index contributed by atoms with van der Waals surface area (Å²) in [5.41, 5.74) is 6.95. The fourth-order valence-electron chi connectivity index (χ4n) is 1.95. The molecule has 0 saturated carbocycles. The maximum atomic E-state index is 3.75. The summed E-state index contributed by atoms with van der Waals surface area (Å²) >= 11 is 0. The van der Waals surface area contributed by atoms with E-state index in [1.165, 1.54) is 16.8 Å². The van der Waals surface area contributed by atoms with Crippen molar-refractivity contribution in [2.45, 2.75) is 25.8 Å². The van der Waals surface area contributed by atoms with E-state index in [-0.39, 0.29) is 0 Å². The third-order valence-electron chi connectivity index (χ3n) is 2.78. The number of anilines is 1. The molecule has 1 N–H and O–H groups in total. The molecule has 1 aromatic carbocycles. The molecule has 1 aromatic rings. The molecule has 1 unspecified atom stereocenters. The molecule has 72 valence electrons. The Balaban J connectivity index is 2.39. The Morgan fingerprint density at radius 3 is 3.00 bits per heavy atom. The number of para-hydroxylation sites is 1. The molecule has 0 fully saturated rings. The van der Waals surface area contributed by atoms with Crippen molar-refractivity contribution in [3.8, 4) is 0 Å². The van der Waals surface area contributed by atoms with Gasteiger partial charge in [0.1, 0.15) is 0 Å². The van der Waals surface area contributed by atoms with Crippen LogP contribution < -0.4 is 5.32 Å². The normalized spacial score (nSPS) is 19.5. The zero-order valence-corrected chi connectivity index (χ0v) is 8.51. The molecule has 1 heteroatoms. The summed E-state index contributed by atoms with van der Waals surface area (Å²) in [4.78, 5) is 0. The largest absolute Gasteiger partial charge is 0.378 e. The van der Waals surface area contributed by atoms with Crippen LogP contribution in [0.5, 0.6) is 0 Å². The van der Waals surface area contributed by atoms with Gasteiger partial charge in [0.05, 0.1) is 6.04 Å². The topological polar surface area (TPSA) is 12.0 Å². The highest BCUT2D eigenvalue weighted by Crippen LogP contribution is 2.28. The predicted molar refractivity (Wildman–Crippen MR) is 60.5 cm³/mol. The quantitative estimate of drug-likeness (QED) is 0.663. The van der Waals surface area contributed by atoms with E-state index >= 15 is 0 Å². The summed E-state index contributed by atoms with van der Waals surface area (Å²) in [5, 5.41) is 3.51. The molecule has 0 aromatic heterocycles. The first-order chi connectivity index (χ1) is 6.85. The van der Waals surface area contributed by atoms with Crippen molar-refractivity contribution >= 4 is 5.69 Å². The van der Waals surface area contributed by atoms with Crippen LogP contribution in [0.3, 0.4) is 0 Å². The minimum Gasteiger partial charge on any atom is -0.378 e. The molecule has 1 nitrogen and oxygen atoms in total. The van der Waals surface area contributed by atoms with Gasteiger partial charge in [-0.15, -0.1) is 5.73 Å². The molecule has 1 aliphatic rings. The molecule has 0 radical (unpaired) electrons. The first-order valence-electron chi connectivity index (χ1n) is 5.08. The van der Waals surface area contributed by atoms with Gasteiger partial charge in [0, 0.05) is 12.1 Å². The van der Waals surface area contributed by atoms with Crippen LogP contribution in [0.4, 0.5) is 5.69 Å². The number of rotatable bonds is 1. The Hall–Kier alpha value is -1.46. The van der Waals surface area contributed by atoms with E-state index in [0.717, 1.165) is 12.8 Å². The van der Waals surface area contributed by atoms with Gasteiger partial charge in [-0.1, -0.05) is 31.7 Å². The lowest BCUT2D eigenvalue weighted by Crippen LogP contribution is -2.26. The fraction of sp³-hybridized carbons (Fsp3) is 0.308. The average molecular weight is 185 g/mol. The van der Waals surface area contributed by atoms with Crippen molar-refractivity contribution in [2.24, 2.45) is 0 Å².